The smallest absolute Gasteiger partial charge is 0.143 e. The summed E-state index contributed by atoms with van der Waals surface area (Å²) in [4.78, 5) is 4.33. The summed E-state index contributed by atoms with van der Waals surface area (Å²) >= 11 is 1.83. The molecule has 0 aliphatic heterocycles. The minimum atomic E-state index is 0.919. The largest absolute Gasteiger partial charge is 0.455 e. The van der Waals surface area contributed by atoms with Gasteiger partial charge in [-0.1, -0.05) is 84.9 Å². The molecule has 0 fully saturated rings. The van der Waals surface area contributed by atoms with E-state index in [0.717, 1.165) is 38.8 Å². The second kappa shape index (κ2) is 9.39. The molecule has 0 saturated heterocycles. The van der Waals surface area contributed by atoms with Crippen molar-refractivity contribution < 1.29 is 4.42 Å². The van der Waals surface area contributed by atoms with Crippen molar-refractivity contribution in [2.45, 2.75) is 0 Å². The molecule has 6 aromatic carbocycles. The number of nitrogens with zero attached hydrogens (tertiary/aromatic N) is 2. The Morgan fingerprint density at radius 2 is 1.29 bits per heavy atom. The molecule has 0 bridgehead atoms. The van der Waals surface area contributed by atoms with Gasteiger partial charge in [-0.15, -0.1) is 11.3 Å². The molecule has 0 spiro atoms. The number of pyridine rings is 1. The van der Waals surface area contributed by atoms with Crippen LogP contribution in [-0.2, 0) is 0 Å². The fourth-order valence-electron chi connectivity index (χ4n) is 7.00. The number of para-hydroxylation sites is 3. The SMILES string of the molecule is c1ccc2c(c1)oc1c(-c3ccc4c(c3)c3ccccc3n4-c3ccc(-c4ccc5c(c4)sc4ccncc45)cc3)cccc12. The Labute approximate surface area is 262 Å². The summed E-state index contributed by atoms with van der Waals surface area (Å²) in [6.07, 6.45) is 3.84. The van der Waals surface area contributed by atoms with Crippen molar-refractivity contribution in [3.05, 3.63) is 146 Å². The van der Waals surface area contributed by atoms with Crippen LogP contribution in [0.15, 0.2) is 150 Å². The van der Waals surface area contributed by atoms with E-state index in [-0.39, 0.29) is 0 Å². The molecule has 0 N–H and O–H groups in total. The summed E-state index contributed by atoms with van der Waals surface area (Å²) in [5.74, 6) is 0. The molecule has 0 amide bonds. The molecular weight excluding hydrogens is 569 g/mol. The van der Waals surface area contributed by atoms with Gasteiger partial charge < -0.3 is 8.98 Å². The van der Waals surface area contributed by atoms with Gasteiger partial charge in [-0.3, -0.25) is 4.98 Å². The average molecular weight is 593 g/mol. The lowest BCUT2D eigenvalue weighted by Gasteiger charge is -2.10. The second-order valence-corrected chi connectivity index (χ2v) is 12.7. The maximum Gasteiger partial charge on any atom is 0.143 e. The van der Waals surface area contributed by atoms with Gasteiger partial charge >= 0.3 is 0 Å². The van der Waals surface area contributed by atoms with E-state index in [1.807, 2.05) is 35.9 Å². The Hall–Kier alpha value is -5.71. The van der Waals surface area contributed by atoms with Gasteiger partial charge in [0.2, 0.25) is 0 Å². The van der Waals surface area contributed by atoms with E-state index in [9.17, 15) is 0 Å². The predicted octanol–water partition coefficient (Wildman–Crippen LogP) is 11.8. The molecule has 10 rings (SSSR count). The first-order valence-electron chi connectivity index (χ1n) is 15.1. The van der Waals surface area contributed by atoms with Gasteiger partial charge in [0.1, 0.15) is 11.2 Å². The Morgan fingerprint density at radius 3 is 2.22 bits per heavy atom. The number of aromatic nitrogens is 2. The van der Waals surface area contributed by atoms with Crippen LogP contribution < -0.4 is 0 Å². The van der Waals surface area contributed by atoms with Crippen LogP contribution in [0, 0.1) is 0 Å². The van der Waals surface area contributed by atoms with Gasteiger partial charge in [0.15, 0.2) is 0 Å². The van der Waals surface area contributed by atoms with Crippen LogP contribution in [0.25, 0.3) is 91.9 Å². The summed E-state index contributed by atoms with van der Waals surface area (Å²) in [5.41, 5.74) is 10.1. The number of hydrogen-bond donors (Lipinski definition) is 0. The first kappa shape index (κ1) is 24.7. The summed E-state index contributed by atoms with van der Waals surface area (Å²) in [6, 6.07) is 48.0. The molecule has 0 unspecified atom stereocenters. The minimum Gasteiger partial charge on any atom is -0.455 e. The average Bonchev–Trinajstić information content (AvgIpc) is 3.77. The van der Waals surface area contributed by atoms with E-state index >= 15 is 0 Å². The zero-order chi connectivity index (χ0) is 29.5. The molecular formula is C41H24N2OS. The van der Waals surface area contributed by atoms with Crippen molar-refractivity contribution in [2.75, 3.05) is 0 Å². The first-order chi connectivity index (χ1) is 22.3. The fraction of sp³-hybridized carbons (Fsp3) is 0. The van der Waals surface area contributed by atoms with Gasteiger partial charge in [-0.05, 0) is 65.2 Å². The van der Waals surface area contributed by atoms with Crippen molar-refractivity contribution in [3.8, 4) is 27.9 Å². The quantitative estimate of drug-likeness (QED) is 0.204. The highest BCUT2D eigenvalue weighted by molar-refractivity contribution is 7.25. The molecule has 210 valence electrons. The van der Waals surface area contributed by atoms with E-state index in [1.54, 1.807) is 0 Å². The molecule has 3 nitrogen and oxygen atoms in total. The molecule has 4 heterocycles. The number of fused-ring (bicyclic) bond motifs is 9. The van der Waals surface area contributed by atoms with Gasteiger partial charge in [-0.25, -0.2) is 0 Å². The van der Waals surface area contributed by atoms with Crippen molar-refractivity contribution in [3.63, 3.8) is 0 Å². The molecule has 4 heteroatoms. The third-order valence-corrected chi connectivity index (χ3v) is 10.3. The van der Waals surface area contributed by atoms with Gasteiger partial charge in [0.05, 0.1) is 11.0 Å². The summed E-state index contributed by atoms with van der Waals surface area (Å²) in [5, 5.41) is 7.25. The van der Waals surface area contributed by atoms with Crippen molar-refractivity contribution in [1.29, 1.82) is 0 Å². The number of furan rings is 1. The van der Waals surface area contributed by atoms with Crippen LogP contribution in [0.1, 0.15) is 0 Å². The molecule has 45 heavy (non-hydrogen) atoms. The summed E-state index contributed by atoms with van der Waals surface area (Å²) in [7, 11) is 0. The Bertz CT molecular complexity index is 2760. The lowest BCUT2D eigenvalue weighted by molar-refractivity contribution is 0.670. The normalized spacial score (nSPS) is 12.0. The Morgan fingerprint density at radius 1 is 0.511 bits per heavy atom. The van der Waals surface area contributed by atoms with Crippen LogP contribution in [0.4, 0.5) is 0 Å². The van der Waals surface area contributed by atoms with Crippen LogP contribution >= 0.6 is 11.3 Å². The molecule has 0 saturated carbocycles. The highest BCUT2D eigenvalue weighted by atomic mass is 32.1. The maximum absolute atomic E-state index is 6.39. The number of benzene rings is 6. The summed E-state index contributed by atoms with van der Waals surface area (Å²) in [6.45, 7) is 0. The first-order valence-corrected chi connectivity index (χ1v) is 15.9. The topological polar surface area (TPSA) is 31.0 Å². The minimum absolute atomic E-state index is 0.919. The van der Waals surface area contributed by atoms with Crippen LogP contribution in [0.3, 0.4) is 0 Å². The van der Waals surface area contributed by atoms with Gasteiger partial charge in [-0.2, -0.15) is 0 Å². The lowest BCUT2D eigenvalue weighted by Crippen LogP contribution is -1.93. The monoisotopic (exact) mass is 592 g/mol. The van der Waals surface area contributed by atoms with E-state index in [4.69, 9.17) is 4.42 Å². The molecule has 0 radical (unpaired) electrons. The molecule has 4 aromatic heterocycles. The number of hydrogen-bond acceptors (Lipinski definition) is 3. The van der Waals surface area contributed by atoms with Crippen molar-refractivity contribution >= 4 is 75.3 Å². The van der Waals surface area contributed by atoms with Gasteiger partial charge in [0, 0.05) is 65.4 Å². The lowest BCUT2D eigenvalue weighted by atomic mass is 10.0. The number of rotatable bonds is 3. The Kier molecular flexibility index (Phi) is 5.16. The second-order valence-electron chi connectivity index (χ2n) is 11.6. The van der Waals surface area contributed by atoms with Gasteiger partial charge in [0.25, 0.3) is 0 Å². The third kappa shape index (κ3) is 3.67. The van der Waals surface area contributed by atoms with E-state index in [1.165, 1.54) is 53.1 Å². The van der Waals surface area contributed by atoms with Crippen molar-refractivity contribution in [2.24, 2.45) is 0 Å². The standard InChI is InChI=1S/C41H24N2OS/c1-3-10-36-30(6-1)34-22-27(29-8-5-9-33-31-7-2-4-11-38(31)44-41(29)33)15-19-37(34)43(36)28-16-12-25(13-17-28)26-14-18-32-35-24-42-21-20-39(35)45-40(32)23-26/h1-24H. The number of thiophene rings is 1. The van der Waals surface area contributed by atoms with E-state index in [2.05, 4.69) is 131 Å². The molecule has 10 aromatic rings. The van der Waals surface area contributed by atoms with E-state index in [0.29, 0.717) is 0 Å². The summed E-state index contributed by atoms with van der Waals surface area (Å²) < 4.78 is 11.3. The maximum atomic E-state index is 6.39. The van der Waals surface area contributed by atoms with Crippen LogP contribution in [0.2, 0.25) is 0 Å². The predicted molar refractivity (Wildman–Crippen MR) is 190 cm³/mol. The Balaban J connectivity index is 1.10. The highest BCUT2D eigenvalue weighted by Gasteiger charge is 2.16. The molecule has 0 atom stereocenters. The third-order valence-electron chi connectivity index (χ3n) is 9.12. The molecule has 0 aliphatic rings. The van der Waals surface area contributed by atoms with Crippen LogP contribution in [-0.4, -0.2) is 9.55 Å². The van der Waals surface area contributed by atoms with E-state index < -0.39 is 0 Å². The molecule has 0 aliphatic carbocycles. The fourth-order valence-corrected chi connectivity index (χ4v) is 8.11. The van der Waals surface area contributed by atoms with Crippen molar-refractivity contribution in [1.82, 2.24) is 9.55 Å². The highest BCUT2D eigenvalue weighted by Crippen LogP contribution is 2.40. The zero-order valence-electron chi connectivity index (χ0n) is 24.1. The zero-order valence-corrected chi connectivity index (χ0v) is 24.9. The van der Waals surface area contributed by atoms with Crippen LogP contribution in [0.5, 0.6) is 0 Å².